The van der Waals surface area contributed by atoms with Gasteiger partial charge in [0.05, 0.1) is 22.8 Å². The molecule has 0 unspecified atom stereocenters. The zero-order chi connectivity index (χ0) is 24.0. The smallest absolute Gasteiger partial charge is 0.261 e. The Hall–Kier alpha value is -3.72. The van der Waals surface area contributed by atoms with Gasteiger partial charge in [-0.25, -0.2) is 8.42 Å². The summed E-state index contributed by atoms with van der Waals surface area (Å²) >= 11 is 0. The monoisotopic (exact) mass is 482 g/mol. The molecule has 4 rings (SSSR count). The molecule has 0 fully saturated rings. The normalized spacial score (nSPS) is 12.3. The molecule has 0 bridgehead atoms. The molecule has 8 nitrogen and oxygen atoms in total. The topological polar surface area (TPSA) is 103 Å². The van der Waals surface area contributed by atoms with E-state index in [0.717, 1.165) is 18.4 Å². The van der Waals surface area contributed by atoms with Gasteiger partial charge in [-0.15, -0.1) is 0 Å². The summed E-state index contributed by atoms with van der Waals surface area (Å²) in [7, 11) is -3.90. The molecule has 1 aliphatic rings. The average molecular weight is 483 g/mol. The van der Waals surface area contributed by atoms with Gasteiger partial charge in [0.15, 0.2) is 11.5 Å². The van der Waals surface area contributed by atoms with Gasteiger partial charge in [-0.2, -0.15) is 0 Å². The number of hydrogen-bond acceptors (Lipinski definition) is 6. The first kappa shape index (κ1) is 23.4. The molecule has 0 saturated carbocycles. The van der Waals surface area contributed by atoms with Gasteiger partial charge in [0, 0.05) is 6.54 Å². The van der Waals surface area contributed by atoms with Crippen molar-refractivity contribution in [3.63, 3.8) is 0 Å². The number of ether oxygens (including phenoxy) is 3. The van der Waals surface area contributed by atoms with Gasteiger partial charge >= 0.3 is 0 Å². The third kappa shape index (κ3) is 5.60. The Bertz CT molecular complexity index is 1260. The number of unbranched alkanes of at least 4 members (excludes halogenated alkanes) is 1. The van der Waals surface area contributed by atoms with Crippen molar-refractivity contribution in [2.24, 2.45) is 0 Å². The second-order valence-corrected chi connectivity index (χ2v) is 9.38. The zero-order valence-electron chi connectivity index (χ0n) is 18.7. The van der Waals surface area contributed by atoms with Crippen LogP contribution in [0.4, 0.5) is 5.69 Å². The van der Waals surface area contributed by atoms with Crippen molar-refractivity contribution in [2.75, 3.05) is 18.1 Å². The van der Waals surface area contributed by atoms with Gasteiger partial charge in [0.1, 0.15) is 5.75 Å². The van der Waals surface area contributed by atoms with E-state index in [1.54, 1.807) is 48.5 Å². The van der Waals surface area contributed by atoms with Crippen molar-refractivity contribution in [2.45, 2.75) is 31.2 Å². The highest BCUT2D eigenvalue weighted by molar-refractivity contribution is 7.92. The van der Waals surface area contributed by atoms with E-state index < -0.39 is 15.9 Å². The fourth-order valence-electron chi connectivity index (χ4n) is 3.35. The minimum absolute atomic E-state index is 0.0749. The van der Waals surface area contributed by atoms with Crippen molar-refractivity contribution < 1.29 is 27.4 Å². The highest BCUT2D eigenvalue weighted by atomic mass is 32.2. The Balaban J connectivity index is 1.43. The van der Waals surface area contributed by atoms with Gasteiger partial charge < -0.3 is 19.5 Å². The molecule has 2 N–H and O–H groups in total. The summed E-state index contributed by atoms with van der Waals surface area (Å²) in [5, 5.41) is 2.82. The first-order valence-corrected chi connectivity index (χ1v) is 12.5. The van der Waals surface area contributed by atoms with E-state index in [4.69, 9.17) is 14.2 Å². The van der Waals surface area contributed by atoms with Gasteiger partial charge in [-0.1, -0.05) is 31.5 Å². The van der Waals surface area contributed by atoms with Gasteiger partial charge in [-0.3, -0.25) is 9.52 Å². The van der Waals surface area contributed by atoms with Crippen molar-refractivity contribution in [1.82, 2.24) is 5.32 Å². The largest absolute Gasteiger partial charge is 0.494 e. The summed E-state index contributed by atoms with van der Waals surface area (Å²) in [6.07, 6.45) is 1.94. The number of amides is 1. The number of carbonyl (C=O) groups is 1. The Morgan fingerprint density at radius 1 is 1.00 bits per heavy atom. The van der Waals surface area contributed by atoms with Crippen LogP contribution < -0.4 is 24.2 Å². The second kappa shape index (κ2) is 10.5. The molecular formula is C25H26N2O6S. The Morgan fingerprint density at radius 2 is 1.76 bits per heavy atom. The fourth-order valence-corrected chi connectivity index (χ4v) is 4.43. The minimum Gasteiger partial charge on any atom is -0.494 e. The molecule has 178 valence electrons. The number of sulfonamides is 1. The molecule has 3 aromatic rings. The van der Waals surface area contributed by atoms with Crippen molar-refractivity contribution in [1.29, 1.82) is 0 Å². The van der Waals surface area contributed by atoms with Gasteiger partial charge in [0.2, 0.25) is 6.79 Å². The Morgan fingerprint density at radius 3 is 2.56 bits per heavy atom. The van der Waals surface area contributed by atoms with E-state index in [0.29, 0.717) is 23.9 Å². The van der Waals surface area contributed by atoms with Crippen molar-refractivity contribution >= 4 is 21.6 Å². The standard InChI is InChI=1S/C25H26N2O6S/c1-2-3-14-31-19-9-11-20(12-10-19)34(29,30)27-22-7-5-4-6-21(22)25(28)26-16-18-8-13-23-24(15-18)33-17-32-23/h4-13,15,27H,2-3,14,16-17H2,1H3,(H,26,28). The van der Waals surface area contributed by atoms with Crippen LogP contribution in [0.15, 0.2) is 71.6 Å². The van der Waals surface area contributed by atoms with Crippen molar-refractivity contribution in [3.8, 4) is 17.2 Å². The van der Waals surface area contributed by atoms with Crippen molar-refractivity contribution in [3.05, 3.63) is 77.9 Å². The molecule has 1 amide bonds. The Labute approximate surface area is 198 Å². The van der Waals surface area contributed by atoms with Crippen LogP contribution in [0.3, 0.4) is 0 Å². The quantitative estimate of drug-likeness (QED) is 0.417. The summed E-state index contributed by atoms with van der Waals surface area (Å²) in [6, 6.07) is 18.1. The summed E-state index contributed by atoms with van der Waals surface area (Å²) in [6.45, 7) is 3.07. The number of para-hydroxylation sites is 1. The summed E-state index contributed by atoms with van der Waals surface area (Å²) in [5.41, 5.74) is 1.23. The van der Waals surface area contributed by atoms with Crippen LogP contribution in [0.25, 0.3) is 0 Å². The molecule has 0 atom stereocenters. The maximum atomic E-state index is 12.9. The number of anilines is 1. The molecule has 34 heavy (non-hydrogen) atoms. The average Bonchev–Trinajstić information content (AvgIpc) is 3.31. The SMILES string of the molecule is CCCCOc1ccc(S(=O)(=O)Nc2ccccc2C(=O)NCc2ccc3c(c2)OCO3)cc1. The molecule has 1 aliphatic heterocycles. The first-order valence-electron chi connectivity index (χ1n) is 11.0. The Kier molecular flexibility index (Phi) is 7.22. The molecule has 0 saturated heterocycles. The summed E-state index contributed by atoms with van der Waals surface area (Å²) in [4.78, 5) is 12.9. The van der Waals surface area contributed by atoms with E-state index >= 15 is 0 Å². The van der Waals surface area contributed by atoms with Crippen LogP contribution in [0.1, 0.15) is 35.7 Å². The van der Waals surface area contributed by atoms with Crippen LogP contribution in [0.2, 0.25) is 0 Å². The number of carbonyl (C=O) groups excluding carboxylic acids is 1. The molecule has 9 heteroatoms. The number of benzene rings is 3. The highest BCUT2D eigenvalue weighted by Crippen LogP contribution is 2.32. The first-order chi connectivity index (χ1) is 16.5. The number of hydrogen-bond donors (Lipinski definition) is 2. The minimum atomic E-state index is -3.90. The van der Waals surface area contributed by atoms with Gasteiger partial charge in [0.25, 0.3) is 15.9 Å². The maximum Gasteiger partial charge on any atom is 0.261 e. The van der Waals surface area contributed by atoms with E-state index in [-0.39, 0.29) is 29.5 Å². The lowest BCUT2D eigenvalue weighted by Gasteiger charge is -2.13. The fraction of sp³-hybridized carbons (Fsp3) is 0.240. The molecule has 0 aliphatic carbocycles. The lowest BCUT2D eigenvalue weighted by molar-refractivity contribution is 0.0951. The highest BCUT2D eigenvalue weighted by Gasteiger charge is 2.19. The van der Waals surface area contributed by atoms with E-state index in [2.05, 4.69) is 17.0 Å². The van der Waals surface area contributed by atoms with E-state index in [1.807, 2.05) is 6.07 Å². The molecule has 1 heterocycles. The number of nitrogens with one attached hydrogen (secondary N) is 2. The third-order valence-electron chi connectivity index (χ3n) is 5.21. The van der Waals surface area contributed by atoms with E-state index in [1.165, 1.54) is 12.1 Å². The lowest BCUT2D eigenvalue weighted by atomic mass is 10.1. The summed E-state index contributed by atoms with van der Waals surface area (Å²) in [5.74, 6) is 1.49. The predicted molar refractivity (Wildman–Crippen MR) is 128 cm³/mol. The number of fused-ring (bicyclic) bond motifs is 1. The predicted octanol–water partition coefficient (Wildman–Crippen LogP) is 4.33. The van der Waals surface area contributed by atoms with E-state index in [9.17, 15) is 13.2 Å². The van der Waals surface area contributed by atoms with Crippen LogP contribution in [-0.4, -0.2) is 27.7 Å². The molecular weight excluding hydrogens is 456 g/mol. The molecule has 3 aromatic carbocycles. The lowest BCUT2D eigenvalue weighted by Crippen LogP contribution is -2.25. The van der Waals surface area contributed by atoms with Crippen LogP contribution >= 0.6 is 0 Å². The number of rotatable bonds is 10. The van der Waals surface area contributed by atoms with Crippen LogP contribution in [0, 0.1) is 0 Å². The molecule has 0 radical (unpaired) electrons. The van der Waals surface area contributed by atoms with Gasteiger partial charge in [-0.05, 0) is 60.5 Å². The third-order valence-corrected chi connectivity index (χ3v) is 6.59. The zero-order valence-corrected chi connectivity index (χ0v) is 19.6. The van der Waals surface area contributed by atoms with Crippen LogP contribution in [0.5, 0.6) is 17.2 Å². The summed E-state index contributed by atoms with van der Waals surface area (Å²) < 4.78 is 44.6. The molecule has 0 aromatic heterocycles. The maximum absolute atomic E-state index is 12.9. The molecule has 0 spiro atoms. The second-order valence-electron chi connectivity index (χ2n) is 7.69. The van der Waals surface area contributed by atoms with Crippen LogP contribution in [-0.2, 0) is 16.6 Å².